The van der Waals surface area contributed by atoms with Gasteiger partial charge in [-0.1, -0.05) is 11.6 Å². The lowest BCUT2D eigenvalue weighted by atomic mass is 9.89. The van der Waals surface area contributed by atoms with Gasteiger partial charge in [0.05, 0.1) is 11.7 Å². The van der Waals surface area contributed by atoms with E-state index >= 15 is 0 Å². The lowest BCUT2D eigenvalue weighted by molar-refractivity contribution is 0.131. The highest BCUT2D eigenvalue weighted by molar-refractivity contribution is 6.30. The second-order valence-electron chi connectivity index (χ2n) is 9.99. The first-order valence-electron chi connectivity index (χ1n) is 12.4. The topological polar surface area (TPSA) is 44.6 Å². The fraction of sp³-hybridized carbons (Fsp3) is 0.481. The zero-order chi connectivity index (χ0) is 23.7. The lowest BCUT2D eigenvalue weighted by Gasteiger charge is -2.37. The minimum Gasteiger partial charge on any atom is -0.327 e. The molecule has 2 amide bonds. The number of rotatable bonds is 4. The van der Waals surface area contributed by atoms with E-state index in [1.54, 1.807) is 0 Å². The van der Waals surface area contributed by atoms with Gasteiger partial charge in [-0.25, -0.2) is 4.79 Å². The molecule has 2 aliphatic heterocycles. The van der Waals surface area contributed by atoms with Crippen molar-refractivity contribution in [3.05, 3.63) is 59.5 Å². The minimum atomic E-state index is 0.185. The highest BCUT2D eigenvalue weighted by atomic mass is 35.5. The number of likely N-dealkylation sites (tertiary alicyclic amines) is 2. The van der Waals surface area contributed by atoms with E-state index < -0.39 is 0 Å². The van der Waals surface area contributed by atoms with Gasteiger partial charge in [-0.05, 0) is 93.6 Å². The molecule has 0 unspecified atom stereocenters. The number of hydrogen-bond acceptors (Lipinski definition) is 3. The first-order valence-corrected chi connectivity index (χ1v) is 12.8. The number of pyridine rings is 1. The quantitative estimate of drug-likeness (QED) is 0.513. The highest BCUT2D eigenvalue weighted by Gasteiger charge is 2.29. The largest absolute Gasteiger partial charge is 0.327 e. The van der Waals surface area contributed by atoms with Crippen LogP contribution in [-0.2, 0) is 0 Å². The Bertz CT molecular complexity index is 1130. The minimum absolute atomic E-state index is 0.185. The summed E-state index contributed by atoms with van der Waals surface area (Å²) in [4.78, 5) is 23.9. The van der Waals surface area contributed by atoms with Crippen molar-refractivity contribution in [2.45, 2.75) is 31.6 Å². The van der Waals surface area contributed by atoms with E-state index in [1.807, 2.05) is 53.5 Å². The van der Waals surface area contributed by atoms with E-state index in [0.29, 0.717) is 11.8 Å². The van der Waals surface area contributed by atoms with Gasteiger partial charge in [-0.2, -0.15) is 0 Å². The number of piperidine rings is 2. The van der Waals surface area contributed by atoms with Crippen molar-refractivity contribution in [3.63, 3.8) is 0 Å². The monoisotopic (exact) mass is 479 g/mol. The molecule has 3 aromatic rings. The Morgan fingerprint density at radius 2 is 1.76 bits per heavy atom. The van der Waals surface area contributed by atoms with Crippen LogP contribution in [0, 0.1) is 5.92 Å². The molecule has 2 saturated heterocycles. The van der Waals surface area contributed by atoms with E-state index in [9.17, 15) is 4.79 Å². The molecule has 6 nitrogen and oxygen atoms in total. The number of carbonyl (C=O) groups is 1. The molecule has 4 heterocycles. The van der Waals surface area contributed by atoms with Crippen LogP contribution in [0.4, 0.5) is 4.79 Å². The van der Waals surface area contributed by atoms with Crippen LogP contribution in [-0.4, -0.2) is 77.1 Å². The number of amides is 2. The summed E-state index contributed by atoms with van der Waals surface area (Å²) in [5.74, 6) is 1.05. The summed E-state index contributed by atoms with van der Waals surface area (Å²) >= 11 is 6.11. The molecule has 2 aliphatic rings. The number of nitrogens with zero attached hydrogens (tertiary/aromatic N) is 5. The summed E-state index contributed by atoms with van der Waals surface area (Å²) < 4.78 is 2.21. The Labute approximate surface area is 207 Å². The molecule has 0 radical (unpaired) electrons. The number of carbonyl (C=O) groups excluding carboxylic acids is 1. The van der Waals surface area contributed by atoms with Crippen molar-refractivity contribution in [1.29, 1.82) is 0 Å². The van der Waals surface area contributed by atoms with Crippen LogP contribution in [0.5, 0.6) is 0 Å². The maximum Gasteiger partial charge on any atom is 0.319 e. The molecule has 2 aromatic heterocycles. The molecule has 34 heavy (non-hydrogen) atoms. The number of urea groups is 1. The van der Waals surface area contributed by atoms with Crippen LogP contribution in [0.2, 0.25) is 5.02 Å². The fourth-order valence-electron chi connectivity index (χ4n) is 5.57. The summed E-state index contributed by atoms with van der Waals surface area (Å²) in [7, 11) is 4.15. The van der Waals surface area contributed by atoms with Gasteiger partial charge < -0.3 is 19.3 Å². The van der Waals surface area contributed by atoms with Gasteiger partial charge in [-0.15, -0.1) is 0 Å². The average molecular weight is 480 g/mol. The molecule has 0 atom stereocenters. The summed E-state index contributed by atoms with van der Waals surface area (Å²) in [5, 5.41) is 1.98. The third-order valence-electron chi connectivity index (χ3n) is 7.65. The predicted molar refractivity (Wildman–Crippen MR) is 138 cm³/mol. The van der Waals surface area contributed by atoms with Crippen LogP contribution >= 0.6 is 11.6 Å². The number of benzene rings is 1. The Hall–Kier alpha value is -2.57. The summed E-state index contributed by atoms with van der Waals surface area (Å²) in [6, 6.07) is 10.2. The zero-order valence-corrected chi connectivity index (χ0v) is 20.9. The first-order chi connectivity index (χ1) is 16.5. The maximum absolute atomic E-state index is 13.1. The molecule has 1 aromatic carbocycles. The van der Waals surface area contributed by atoms with Crippen molar-refractivity contribution in [3.8, 4) is 5.69 Å². The summed E-state index contributed by atoms with van der Waals surface area (Å²) in [6.07, 6.45) is 10.4. The van der Waals surface area contributed by atoms with Gasteiger partial charge in [0.1, 0.15) is 0 Å². The van der Waals surface area contributed by atoms with E-state index in [0.717, 1.165) is 61.8 Å². The van der Waals surface area contributed by atoms with Gasteiger partial charge in [-0.3, -0.25) is 4.98 Å². The number of halogens is 1. The Morgan fingerprint density at radius 3 is 2.47 bits per heavy atom. The molecule has 0 aliphatic carbocycles. The van der Waals surface area contributed by atoms with Gasteiger partial charge >= 0.3 is 6.03 Å². The first kappa shape index (κ1) is 23.2. The van der Waals surface area contributed by atoms with Gasteiger partial charge in [0.15, 0.2) is 0 Å². The smallest absolute Gasteiger partial charge is 0.319 e. The average Bonchev–Trinajstić information content (AvgIpc) is 3.25. The zero-order valence-electron chi connectivity index (χ0n) is 20.2. The van der Waals surface area contributed by atoms with Crippen LogP contribution < -0.4 is 0 Å². The molecule has 2 fully saturated rings. The van der Waals surface area contributed by atoms with E-state index in [4.69, 9.17) is 11.6 Å². The number of fused-ring (bicyclic) bond motifs is 1. The second kappa shape index (κ2) is 9.96. The molecule has 0 N–H and O–H groups in total. The van der Waals surface area contributed by atoms with Crippen LogP contribution in [0.1, 0.15) is 37.2 Å². The SMILES string of the molecule is CN1CCC(CN(C)C(=O)N2CCC(c3cn(-c4ccc(Cl)cc4)c4cnccc34)CC2)CC1. The third kappa shape index (κ3) is 4.80. The van der Waals surface area contributed by atoms with Crippen molar-refractivity contribution < 1.29 is 4.79 Å². The molecule has 0 bridgehead atoms. The molecular formula is C27H34ClN5O. The lowest BCUT2D eigenvalue weighted by Crippen LogP contribution is -2.47. The van der Waals surface area contributed by atoms with Crippen LogP contribution in [0.25, 0.3) is 16.6 Å². The van der Waals surface area contributed by atoms with E-state index in [1.165, 1.54) is 23.8 Å². The van der Waals surface area contributed by atoms with Crippen LogP contribution in [0.15, 0.2) is 48.9 Å². The maximum atomic E-state index is 13.1. The van der Waals surface area contributed by atoms with Gasteiger partial charge in [0, 0.05) is 55.2 Å². The van der Waals surface area contributed by atoms with Crippen molar-refractivity contribution in [2.75, 3.05) is 46.8 Å². The van der Waals surface area contributed by atoms with Crippen molar-refractivity contribution >= 4 is 28.5 Å². The molecular weight excluding hydrogens is 446 g/mol. The predicted octanol–water partition coefficient (Wildman–Crippen LogP) is 5.25. The molecule has 5 rings (SSSR count). The number of hydrogen-bond donors (Lipinski definition) is 0. The fourth-order valence-corrected chi connectivity index (χ4v) is 5.70. The molecule has 7 heteroatoms. The Morgan fingerprint density at radius 1 is 1.06 bits per heavy atom. The normalized spacial score (nSPS) is 18.5. The Balaban J connectivity index is 1.26. The highest BCUT2D eigenvalue weighted by Crippen LogP contribution is 2.36. The summed E-state index contributed by atoms with van der Waals surface area (Å²) in [5.41, 5.74) is 3.53. The van der Waals surface area contributed by atoms with E-state index in [-0.39, 0.29) is 6.03 Å². The summed E-state index contributed by atoms with van der Waals surface area (Å²) in [6.45, 7) is 4.75. The van der Waals surface area contributed by atoms with E-state index in [2.05, 4.69) is 33.8 Å². The van der Waals surface area contributed by atoms with Crippen LogP contribution in [0.3, 0.4) is 0 Å². The Kier molecular flexibility index (Phi) is 6.79. The van der Waals surface area contributed by atoms with Crippen molar-refractivity contribution in [2.24, 2.45) is 5.92 Å². The van der Waals surface area contributed by atoms with Gasteiger partial charge in [0.25, 0.3) is 0 Å². The third-order valence-corrected chi connectivity index (χ3v) is 7.90. The standard InChI is InChI=1S/C27H34ClN5O/c1-30-13-8-20(9-14-30)18-31(2)27(34)32-15-10-21(11-16-32)25-19-33(23-5-3-22(28)4-6-23)26-17-29-12-7-24(25)26/h3-7,12,17,19-21H,8-11,13-16,18H2,1-2H3. The molecule has 0 saturated carbocycles. The number of aromatic nitrogens is 2. The van der Waals surface area contributed by atoms with Gasteiger partial charge in [0.2, 0.25) is 0 Å². The molecule has 0 spiro atoms. The van der Waals surface area contributed by atoms with Crippen molar-refractivity contribution in [1.82, 2.24) is 24.3 Å². The molecule has 180 valence electrons. The second-order valence-corrected chi connectivity index (χ2v) is 10.4.